The summed E-state index contributed by atoms with van der Waals surface area (Å²) in [6, 6.07) is 25.0. The van der Waals surface area contributed by atoms with Crippen molar-refractivity contribution in [1.29, 1.82) is 5.26 Å². The van der Waals surface area contributed by atoms with Crippen LogP contribution in [0.4, 0.5) is 4.39 Å². The van der Waals surface area contributed by atoms with Crippen LogP contribution in [0.2, 0.25) is 0 Å². The number of hydrogen-bond acceptors (Lipinski definition) is 1. The summed E-state index contributed by atoms with van der Waals surface area (Å²) in [6.07, 6.45) is 3.99. The van der Waals surface area contributed by atoms with Gasteiger partial charge in [0.15, 0.2) is 0 Å². The third-order valence-corrected chi connectivity index (χ3v) is 4.87. The molecule has 4 aromatic rings. The largest absolute Gasteiger partial charge is 0.342 e. The fraction of sp³-hybridized carbons (Fsp3) is 0.0800. The van der Waals surface area contributed by atoms with E-state index in [1.165, 1.54) is 12.1 Å². The normalized spacial score (nSPS) is 11.5. The van der Waals surface area contributed by atoms with Crippen LogP contribution in [-0.4, -0.2) is 4.57 Å². The number of nitrogens with zero attached hydrogens (tertiary/aromatic N) is 2. The highest BCUT2D eigenvalue weighted by Gasteiger charge is 2.09. The van der Waals surface area contributed by atoms with Crippen LogP contribution in [0.15, 0.2) is 79.0 Å². The van der Waals surface area contributed by atoms with E-state index in [4.69, 9.17) is 0 Å². The van der Waals surface area contributed by atoms with E-state index in [-0.39, 0.29) is 5.82 Å². The number of allylic oxidation sites excluding steroid dienone is 1. The first-order valence-electron chi connectivity index (χ1n) is 9.15. The fourth-order valence-corrected chi connectivity index (χ4v) is 3.38. The van der Waals surface area contributed by atoms with Crippen molar-refractivity contribution in [1.82, 2.24) is 4.57 Å². The average molecular weight is 366 g/mol. The van der Waals surface area contributed by atoms with E-state index in [2.05, 4.69) is 29.0 Å². The molecule has 0 aliphatic carbocycles. The fourth-order valence-electron chi connectivity index (χ4n) is 3.38. The standard InChI is InChI=1S/C25H19FN2/c1-18-6-10-20(11-7-18)21(15-27)14-22-17-28(25-5-3-2-4-24(22)25)16-19-8-12-23(26)13-9-19/h2-14,17H,16H2,1H3/b21-14-. The molecule has 0 bridgehead atoms. The quantitative estimate of drug-likeness (QED) is 0.395. The number of hydrogen-bond donors (Lipinski definition) is 0. The summed E-state index contributed by atoms with van der Waals surface area (Å²) in [6.45, 7) is 2.67. The van der Waals surface area contributed by atoms with Crippen LogP contribution in [0.1, 0.15) is 22.3 Å². The summed E-state index contributed by atoms with van der Waals surface area (Å²) in [4.78, 5) is 0. The molecule has 1 aromatic heterocycles. The monoisotopic (exact) mass is 366 g/mol. The lowest BCUT2D eigenvalue weighted by atomic mass is 10.0. The van der Waals surface area contributed by atoms with Crippen LogP contribution >= 0.6 is 0 Å². The van der Waals surface area contributed by atoms with Crippen molar-refractivity contribution in [3.63, 3.8) is 0 Å². The van der Waals surface area contributed by atoms with Crippen molar-refractivity contribution >= 4 is 22.6 Å². The van der Waals surface area contributed by atoms with E-state index in [0.29, 0.717) is 12.1 Å². The number of nitriles is 1. The molecule has 3 aromatic carbocycles. The van der Waals surface area contributed by atoms with Crippen LogP contribution in [0.3, 0.4) is 0 Å². The number of rotatable bonds is 4. The highest BCUT2D eigenvalue weighted by atomic mass is 19.1. The molecule has 136 valence electrons. The molecule has 4 rings (SSSR count). The zero-order chi connectivity index (χ0) is 19.5. The summed E-state index contributed by atoms with van der Waals surface area (Å²) < 4.78 is 15.3. The molecular formula is C25H19FN2. The maximum atomic E-state index is 13.2. The Labute approximate surface area is 163 Å². The van der Waals surface area contributed by atoms with Gasteiger partial charge < -0.3 is 4.57 Å². The highest BCUT2D eigenvalue weighted by molar-refractivity contribution is 5.98. The second-order valence-electron chi connectivity index (χ2n) is 6.89. The van der Waals surface area contributed by atoms with Crippen molar-refractivity contribution in [2.24, 2.45) is 0 Å². The Morgan fingerprint density at radius 2 is 1.71 bits per heavy atom. The molecule has 3 heteroatoms. The molecule has 0 aliphatic heterocycles. The number of fused-ring (bicyclic) bond motifs is 1. The van der Waals surface area contributed by atoms with Crippen LogP contribution in [-0.2, 0) is 6.54 Å². The Kier molecular flexibility index (Phi) is 4.78. The molecule has 1 heterocycles. The highest BCUT2D eigenvalue weighted by Crippen LogP contribution is 2.27. The van der Waals surface area contributed by atoms with Crippen LogP contribution in [0.5, 0.6) is 0 Å². The molecular weight excluding hydrogens is 347 g/mol. The molecule has 0 N–H and O–H groups in total. The number of aromatic nitrogens is 1. The van der Waals surface area contributed by atoms with E-state index >= 15 is 0 Å². The Morgan fingerprint density at radius 1 is 1.00 bits per heavy atom. The van der Waals surface area contributed by atoms with Gasteiger partial charge in [-0.05, 0) is 42.3 Å². The molecule has 0 amide bonds. The van der Waals surface area contributed by atoms with Gasteiger partial charge in [-0.1, -0.05) is 60.2 Å². The first kappa shape index (κ1) is 17.8. The summed E-state index contributed by atoms with van der Waals surface area (Å²) >= 11 is 0. The molecule has 0 radical (unpaired) electrons. The van der Waals surface area contributed by atoms with Crippen molar-refractivity contribution in [3.05, 3.63) is 107 Å². The van der Waals surface area contributed by atoms with Crippen LogP contribution in [0.25, 0.3) is 22.6 Å². The Bertz CT molecular complexity index is 1190. The molecule has 0 saturated heterocycles. The minimum absolute atomic E-state index is 0.235. The predicted molar refractivity (Wildman–Crippen MR) is 112 cm³/mol. The van der Waals surface area contributed by atoms with Gasteiger partial charge in [0, 0.05) is 29.2 Å². The van der Waals surface area contributed by atoms with E-state index in [1.54, 1.807) is 12.1 Å². The maximum absolute atomic E-state index is 13.2. The number of halogens is 1. The van der Waals surface area contributed by atoms with E-state index in [9.17, 15) is 9.65 Å². The zero-order valence-electron chi connectivity index (χ0n) is 15.6. The smallest absolute Gasteiger partial charge is 0.123 e. The summed E-state index contributed by atoms with van der Waals surface area (Å²) in [7, 11) is 0. The SMILES string of the molecule is Cc1ccc(/C(C#N)=C\c2cn(Cc3ccc(F)cc3)c3ccccc23)cc1. The van der Waals surface area contributed by atoms with E-state index < -0.39 is 0 Å². The van der Waals surface area contributed by atoms with Crippen molar-refractivity contribution in [2.75, 3.05) is 0 Å². The number of benzene rings is 3. The number of para-hydroxylation sites is 1. The van der Waals surface area contributed by atoms with Gasteiger partial charge in [-0.25, -0.2) is 4.39 Å². The molecule has 0 spiro atoms. The number of aryl methyl sites for hydroxylation is 1. The van der Waals surface area contributed by atoms with Gasteiger partial charge in [-0.3, -0.25) is 0 Å². The van der Waals surface area contributed by atoms with Crippen molar-refractivity contribution in [3.8, 4) is 6.07 Å². The van der Waals surface area contributed by atoms with Crippen LogP contribution < -0.4 is 0 Å². The lowest BCUT2D eigenvalue weighted by molar-refractivity contribution is 0.626. The molecule has 0 fully saturated rings. The summed E-state index contributed by atoms with van der Waals surface area (Å²) in [5, 5.41) is 10.8. The predicted octanol–water partition coefficient (Wildman–Crippen LogP) is 6.20. The van der Waals surface area contributed by atoms with Crippen LogP contribution in [0, 0.1) is 24.1 Å². The molecule has 0 aliphatic rings. The lowest BCUT2D eigenvalue weighted by Crippen LogP contribution is -1.97. The van der Waals surface area contributed by atoms with Gasteiger partial charge in [-0.2, -0.15) is 5.26 Å². The lowest BCUT2D eigenvalue weighted by Gasteiger charge is -2.05. The van der Waals surface area contributed by atoms with Gasteiger partial charge in [0.2, 0.25) is 0 Å². The maximum Gasteiger partial charge on any atom is 0.123 e. The first-order chi connectivity index (χ1) is 13.6. The summed E-state index contributed by atoms with van der Waals surface area (Å²) in [5.41, 5.74) is 5.80. The second-order valence-corrected chi connectivity index (χ2v) is 6.89. The summed E-state index contributed by atoms with van der Waals surface area (Å²) in [5.74, 6) is -0.235. The average Bonchev–Trinajstić information content (AvgIpc) is 3.06. The molecule has 0 unspecified atom stereocenters. The van der Waals surface area contributed by atoms with Gasteiger partial charge in [0.1, 0.15) is 5.82 Å². The van der Waals surface area contributed by atoms with E-state index in [0.717, 1.165) is 33.2 Å². The molecule has 28 heavy (non-hydrogen) atoms. The van der Waals surface area contributed by atoms with Gasteiger partial charge in [0.25, 0.3) is 0 Å². The Morgan fingerprint density at radius 3 is 2.43 bits per heavy atom. The third kappa shape index (κ3) is 3.58. The minimum atomic E-state index is -0.235. The first-order valence-corrected chi connectivity index (χ1v) is 9.15. The zero-order valence-corrected chi connectivity index (χ0v) is 15.6. The van der Waals surface area contributed by atoms with Gasteiger partial charge >= 0.3 is 0 Å². The van der Waals surface area contributed by atoms with Crippen molar-refractivity contribution < 1.29 is 4.39 Å². The second kappa shape index (κ2) is 7.54. The van der Waals surface area contributed by atoms with Gasteiger partial charge in [-0.15, -0.1) is 0 Å². The third-order valence-electron chi connectivity index (χ3n) is 4.87. The van der Waals surface area contributed by atoms with Crippen molar-refractivity contribution in [2.45, 2.75) is 13.5 Å². The minimum Gasteiger partial charge on any atom is -0.342 e. The molecule has 0 atom stereocenters. The molecule has 2 nitrogen and oxygen atoms in total. The Balaban J connectivity index is 1.78. The molecule has 0 saturated carbocycles. The van der Waals surface area contributed by atoms with E-state index in [1.807, 2.05) is 49.4 Å². The topological polar surface area (TPSA) is 28.7 Å². The Hall–Kier alpha value is -3.64. The van der Waals surface area contributed by atoms with Gasteiger partial charge in [0.05, 0.1) is 11.6 Å².